The number of rotatable bonds is 3. The topological polar surface area (TPSA) is 34.1 Å². The quantitative estimate of drug-likeness (QED) is 0.787. The summed E-state index contributed by atoms with van der Waals surface area (Å²) in [6.07, 6.45) is 0. The molecule has 2 rings (SSSR count). The molecule has 0 heterocycles. The Kier molecular flexibility index (Phi) is 3.69. The third-order valence-corrected chi connectivity index (χ3v) is 4.59. The molecule has 0 aromatic heterocycles. The summed E-state index contributed by atoms with van der Waals surface area (Å²) < 4.78 is 12.4. The van der Waals surface area contributed by atoms with Crippen molar-refractivity contribution in [1.29, 1.82) is 0 Å². The van der Waals surface area contributed by atoms with Crippen LogP contribution in [-0.2, 0) is 4.57 Å². The zero-order valence-electron chi connectivity index (χ0n) is 10.4. The van der Waals surface area contributed by atoms with E-state index in [0.717, 1.165) is 11.1 Å². The number of benzene rings is 2. The van der Waals surface area contributed by atoms with E-state index in [1.165, 1.54) is 0 Å². The maximum Gasteiger partial charge on any atom is 0.459 e. The third kappa shape index (κ3) is 2.39. The van der Waals surface area contributed by atoms with Crippen LogP contribution >= 0.6 is 7.80 Å². The molecule has 0 spiro atoms. The van der Waals surface area contributed by atoms with Crippen molar-refractivity contribution in [2.75, 3.05) is 0 Å². The molecule has 1 atom stereocenters. The summed E-state index contributed by atoms with van der Waals surface area (Å²) in [5, 5.41) is 0.668. The molecule has 90 valence electrons. The molecule has 0 saturated carbocycles. The lowest BCUT2D eigenvalue weighted by Crippen LogP contribution is -2.11. The van der Waals surface area contributed by atoms with E-state index in [4.69, 9.17) is 0 Å². The second kappa shape index (κ2) is 5.24. The van der Waals surface area contributed by atoms with Crippen molar-refractivity contribution in [3.63, 3.8) is 0 Å². The van der Waals surface area contributed by atoms with Crippen molar-refractivity contribution < 1.29 is 9.36 Å². The van der Waals surface area contributed by atoms with Crippen molar-refractivity contribution in [3.8, 4) is 0 Å². The summed E-state index contributed by atoms with van der Waals surface area (Å²) in [5.41, 5.74) is 2.00. The van der Waals surface area contributed by atoms with Crippen molar-refractivity contribution >= 4 is 18.6 Å². The van der Waals surface area contributed by atoms with Crippen molar-refractivity contribution in [3.05, 3.63) is 65.2 Å². The maximum atomic E-state index is 12.4. The van der Waals surface area contributed by atoms with Crippen molar-refractivity contribution in [1.82, 2.24) is 0 Å². The Labute approximate surface area is 107 Å². The molecule has 2 aromatic rings. The van der Waals surface area contributed by atoms with E-state index in [2.05, 4.69) is 0 Å². The number of aryl methyl sites for hydroxylation is 2. The highest BCUT2D eigenvalue weighted by Gasteiger charge is 2.35. The fourth-order valence-electron chi connectivity index (χ4n) is 1.93. The molecule has 0 aliphatic heterocycles. The molecule has 0 aliphatic rings. The third-order valence-electron chi connectivity index (χ3n) is 2.85. The number of hydrogen-bond donors (Lipinski definition) is 0. The predicted octanol–water partition coefficient (Wildman–Crippen LogP) is 3.60. The largest absolute Gasteiger partial charge is 0.459 e. The van der Waals surface area contributed by atoms with E-state index < -0.39 is 7.80 Å². The molecule has 3 heteroatoms. The summed E-state index contributed by atoms with van der Waals surface area (Å²) in [4.78, 5) is 12.2. The lowest BCUT2D eigenvalue weighted by Gasteiger charge is -1.98. The van der Waals surface area contributed by atoms with Crippen LogP contribution in [0.1, 0.15) is 21.5 Å². The number of carbonyl (C=O) groups excluding carboxylic acids is 1. The minimum absolute atomic E-state index is 0.303. The van der Waals surface area contributed by atoms with Gasteiger partial charge in [0, 0.05) is 11.1 Å². The van der Waals surface area contributed by atoms with Gasteiger partial charge < -0.3 is 0 Å². The monoisotopic (exact) mass is 257 g/mol. The molecule has 2 aromatic carbocycles. The molecule has 18 heavy (non-hydrogen) atoms. The van der Waals surface area contributed by atoms with Crippen LogP contribution in [0.2, 0.25) is 0 Å². The Morgan fingerprint density at radius 2 is 1.44 bits per heavy atom. The van der Waals surface area contributed by atoms with Crippen LogP contribution in [0.3, 0.4) is 0 Å². The molecule has 0 bridgehead atoms. The highest BCUT2D eigenvalue weighted by Crippen LogP contribution is 2.29. The fourth-order valence-corrected chi connectivity index (χ4v) is 3.30. The first kappa shape index (κ1) is 12.7. The molecular weight excluding hydrogens is 243 g/mol. The summed E-state index contributed by atoms with van der Waals surface area (Å²) in [7, 11) is -2.04. The standard InChI is InChI=1S/C15H14O2P/c1-11-7-6-8-12(2)14(11)18(17)15(16)13-9-4-3-5-10-13/h3-10H,1-2H3/q+1. The van der Waals surface area contributed by atoms with Crippen molar-refractivity contribution in [2.24, 2.45) is 0 Å². The zero-order chi connectivity index (χ0) is 13.1. The lowest BCUT2D eigenvalue weighted by molar-refractivity contribution is 0.108. The highest BCUT2D eigenvalue weighted by molar-refractivity contribution is 7.71. The Morgan fingerprint density at radius 1 is 0.889 bits per heavy atom. The van der Waals surface area contributed by atoms with E-state index in [0.29, 0.717) is 10.9 Å². The second-order valence-corrected chi connectivity index (χ2v) is 5.65. The molecule has 2 nitrogen and oxygen atoms in total. The van der Waals surface area contributed by atoms with Crippen LogP contribution in [0.4, 0.5) is 0 Å². The molecule has 0 fully saturated rings. The average molecular weight is 257 g/mol. The van der Waals surface area contributed by atoms with Gasteiger partial charge in [0.2, 0.25) is 5.30 Å². The normalized spacial score (nSPS) is 11.1. The molecular formula is C15H14O2P+. The van der Waals surface area contributed by atoms with E-state index in [1.54, 1.807) is 24.3 Å². The van der Waals surface area contributed by atoms with Gasteiger partial charge in [-0.3, -0.25) is 0 Å². The van der Waals surface area contributed by atoms with Crippen LogP contribution in [-0.4, -0.2) is 5.52 Å². The van der Waals surface area contributed by atoms with Crippen molar-refractivity contribution in [2.45, 2.75) is 13.8 Å². The minimum atomic E-state index is -2.04. The summed E-state index contributed by atoms with van der Waals surface area (Å²) in [5.74, 6) is 0. The molecule has 1 unspecified atom stereocenters. The minimum Gasteiger partial charge on any atom is -0.234 e. The van der Waals surface area contributed by atoms with Gasteiger partial charge in [-0.05, 0) is 26.0 Å². The van der Waals surface area contributed by atoms with Gasteiger partial charge >= 0.3 is 13.3 Å². The van der Waals surface area contributed by atoms with E-state index in [1.807, 2.05) is 38.1 Å². The average Bonchev–Trinajstić information content (AvgIpc) is 2.38. The van der Waals surface area contributed by atoms with Gasteiger partial charge in [-0.1, -0.05) is 41.0 Å². The highest BCUT2D eigenvalue weighted by atomic mass is 31.1. The Morgan fingerprint density at radius 3 is 2.00 bits per heavy atom. The van der Waals surface area contributed by atoms with Gasteiger partial charge in [0.15, 0.2) is 0 Å². The summed E-state index contributed by atoms with van der Waals surface area (Å²) >= 11 is 0. The van der Waals surface area contributed by atoms with Crippen LogP contribution in [0, 0.1) is 13.8 Å². The second-order valence-electron chi connectivity index (χ2n) is 4.21. The Hall–Kier alpha value is -1.79. The van der Waals surface area contributed by atoms with E-state index in [9.17, 15) is 9.36 Å². The molecule has 0 radical (unpaired) electrons. The van der Waals surface area contributed by atoms with Gasteiger partial charge in [0.1, 0.15) is 0 Å². The number of hydrogen-bond acceptors (Lipinski definition) is 2. The maximum absolute atomic E-state index is 12.4. The van der Waals surface area contributed by atoms with Crippen LogP contribution in [0.25, 0.3) is 0 Å². The molecule has 0 aliphatic carbocycles. The number of carbonyl (C=O) groups is 1. The summed E-state index contributed by atoms with van der Waals surface area (Å²) in [6.45, 7) is 3.77. The van der Waals surface area contributed by atoms with Crippen LogP contribution < -0.4 is 5.30 Å². The van der Waals surface area contributed by atoms with Gasteiger partial charge in [0.25, 0.3) is 0 Å². The first-order valence-corrected chi connectivity index (χ1v) is 7.00. The lowest BCUT2D eigenvalue weighted by atomic mass is 10.2. The van der Waals surface area contributed by atoms with Crippen LogP contribution in [0.5, 0.6) is 0 Å². The van der Waals surface area contributed by atoms with Gasteiger partial charge in [0.05, 0.1) is 5.56 Å². The van der Waals surface area contributed by atoms with Gasteiger partial charge in [-0.25, -0.2) is 4.79 Å². The molecule has 0 saturated heterocycles. The molecule has 0 N–H and O–H groups in total. The fraction of sp³-hybridized carbons (Fsp3) is 0.133. The summed E-state index contributed by atoms with van der Waals surface area (Å²) in [6, 6.07) is 14.5. The molecule has 0 amide bonds. The first-order chi connectivity index (χ1) is 8.61. The smallest absolute Gasteiger partial charge is 0.234 e. The Balaban J connectivity index is 2.41. The van der Waals surface area contributed by atoms with Gasteiger partial charge in [-0.2, -0.15) is 0 Å². The van der Waals surface area contributed by atoms with Gasteiger partial charge in [-0.15, -0.1) is 0 Å². The van der Waals surface area contributed by atoms with Crippen LogP contribution in [0.15, 0.2) is 48.5 Å². The Bertz CT molecular complexity index is 583. The predicted molar refractivity (Wildman–Crippen MR) is 73.9 cm³/mol. The first-order valence-electron chi connectivity index (χ1n) is 5.74. The van der Waals surface area contributed by atoms with E-state index >= 15 is 0 Å². The van der Waals surface area contributed by atoms with E-state index in [-0.39, 0.29) is 5.52 Å². The SMILES string of the molecule is Cc1cccc(C)c1[P+](=O)C(=O)c1ccccc1. The zero-order valence-corrected chi connectivity index (χ0v) is 11.3.